The summed E-state index contributed by atoms with van der Waals surface area (Å²) in [5.74, 6) is -1.14. The molecular formula is C12H17F2NO. The van der Waals surface area contributed by atoms with E-state index < -0.39 is 11.6 Å². The minimum atomic E-state index is -0.570. The van der Waals surface area contributed by atoms with E-state index in [4.69, 9.17) is 4.74 Å². The maximum atomic E-state index is 12.8. The molecule has 0 radical (unpaired) electrons. The second kappa shape index (κ2) is 6.55. The van der Waals surface area contributed by atoms with Gasteiger partial charge in [0.2, 0.25) is 0 Å². The molecule has 0 saturated heterocycles. The number of hydrogen-bond acceptors (Lipinski definition) is 2. The van der Waals surface area contributed by atoms with Gasteiger partial charge in [0.1, 0.15) is 11.6 Å². The highest BCUT2D eigenvalue weighted by molar-refractivity contribution is 5.16. The van der Waals surface area contributed by atoms with Gasteiger partial charge < -0.3 is 10.1 Å². The summed E-state index contributed by atoms with van der Waals surface area (Å²) in [5.41, 5.74) is 0.516. The SMILES string of the molecule is CC(C)NCCOCc1cc(F)cc(F)c1. The Morgan fingerprint density at radius 1 is 1.19 bits per heavy atom. The van der Waals surface area contributed by atoms with Gasteiger partial charge in [-0.25, -0.2) is 8.78 Å². The second-order valence-corrected chi connectivity index (χ2v) is 3.94. The van der Waals surface area contributed by atoms with Crippen molar-refractivity contribution < 1.29 is 13.5 Å². The van der Waals surface area contributed by atoms with Gasteiger partial charge in [-0.05, 0) is 17.7 Å². The van der Waals surface area contributed by atoms with Crippen LogP contribution in [0.15, 0.2) is 18.2 Å². The summed E-state index contributed by atoms with van der Waals surface area (Å²) in [6, 6.07) is 3.82. The molecule has 0 bridgehead atoms. The first-order valence-corrected chi connectivity index (χ1v) is 5.34. The molecule has 0 atom stereocenters. The van der Waals surface area contributed by atoms with Crippen molar-refractivity contribution in [3.05, 3.63) is 35.4 Å². The number of hydrogen-bond donors (Lipinski definition) is 1. The fraction of sp³-hybridized carbons (Fsp3) is 0.500. The largest absolute Gasteiger partial charge is 0.375 e. The summed E-state index contributed by atoms with van der Waals surface area (Å²) < 4.78 is 30.9. The van der Waals surface area contributed by atoms with Gasteiger partial charge in [0.25, 0.3) is 0 Å². The Balaban J connectivity index is 2.26. The average molecular weight is 229 g/mol. The molecule has 0 amide bonds. The normalized spacial score (nSPS) is 11.1. The lowest BCUT2D eigenvalue weighted by Crippen LogP contribution is -2.26. The highest BCUT2D eigenvalue weighted by Gasteiger charge is 2.00. The Morgan fingerprint density at radius 3 is 2.38 bits per heavy atom. The topological polar surface area (TPSA) is 21.3 Å². The summed E-state index contributed by atoms with van der Waals surface area (Å²) in [5, 5.41) is 3.18. The number of ether oxygens (including phenoxy) is 1. The third kappa shape index (κ3) is 5.19. The van der Waals surface area contributed by atoms with Gasteiger partial charge >= 0.3 is 0 Å². The number of rotatable bonds is 6. The van der Waals surface area contributed by atoms with Gasteiger partial charge in [0.05, 0.1) is 13.2 Å². The third-order valence-corrected chi connectivity index (χ3v) is 1.99. The Bertz CT molecular complexity index is 309. The van der Waals surface area contributed by atoms with Crippen LogP contribution in [0.25, 0.3) is 0 Å². The first-order chi connectivity index (χ1) is 7.58. The van der Waals surface area contributed by atoms with E-state index in [0.717, 1.165) is 12.6 Å². The number of benzene rings is 1. The average Bonchev–Trinajstić information content (AvgIpc) is 2.15. The van der Waals surface area contributed by atoms with Gasteiger partial charge in [0, 0.05) is 18.7 Å². The van der Waals surface area contributed by atoms with E-state index in [-0.39, 0.29) is 6.61 Å². The Labute approximate surface area is 94.6 Å². The molecule has 0 spiro atoms. The molecule has 1 N–H and O–H groups in total. The van der Waals surface area contributed by atoms with Crippen LogP contribution in [0.5, 0.6) is 0 Å². The Kier molecular flexibility index (Phi) is 5.35. The van der Waals surface area contributed by atoms with Crippen LogP contribution in [0.4, 0.5) is 8.78 Å². The van der Waals surface area contributed by atoms with Crippen molar-refractivity contribution >= 4 is 0 Å². The highest BCUT2D eigenvalue weighted by atomic mass is 19.1. The zero-order valence-electron chi connectivity index (χ0n) is 9.59. The smallest absolute Gasteiger partial charge is 0.126 e. The molecule has 0 saturated carbocycles. The summed E-state index contributed by atoms with van der Waals surface area (Å²) in [6.07, 6.45) is 0. The maximum absolute atomic E-state index is 12.8. The monoisotopic (exact) mass is 229 g/mol. The second-order valence-electron chi connectivity index (χ2n) is 3.94. The molecule has 0 aliphatic carbocycles. The van der Waals surface area contributed by atoms with E-state index in [1.54, 1.807) is 0 Å². The molecule has 0 heterocycles. The zero-order chi connectivity index (χ0) is 12.0. The minimum Gasteiger partial charge on any atom is -0.375 e. The lowest BCUT2D eigenvalue weighted by molar-refractivity contribution is 0.121. The van der Waals surface area contributed by atoms with Crippen LogP contribution in [0.3, 0.4) is 0 Å². The van der Waals surface area contributed by atoms with Crippen molar-refractivity contribution in [3.63, 3.8) is 0 Å². The predicted molar refractivity (Wildman–Crippen MR) is 59.2 cm³/mol. The summed E-state index contributed by atoms with van der Waals surface area (Å²) >= 11 is 0. The van der Waals surface area contributed by atoms with Crippen molar-refractivity contribution in [2.45, 2.75) is 26.5 Å². The number of halogens is 2. The molecule has 0 unspecified atom stereocenters. The lowest BCUT2D eigenvalue weighted by Gasteiger charge is -2.08. The summed E-state index contributed by atoms with van der Waals surface area (Å²) in [4.78, 5) is 0. The van der Waals surface area contributed by atoms with E-state index in [1.807, 2.05) is 13.8 Å². The predicted octanol–water partition coefficient (Wildman–Crippen LogP) is 2.48. The van der Waals surface area contributed by atoms with E-state index in [1.165, 1.54) is 12.1 Å². The van der Waals surface area contributed by atoms with Crippen molar-refractivity contribution in [2.24, 2.45) is 0 Å². The van der Waals surface area contributed by atoms with Gasteiger partial charge in [-0.15, -0.1) is 0 Å². The van der Waals surface area contributed by atoms with E-state index >= 15 is 0 Å². The molecule has 1 aromatic rings. The Morgan fingerprint density at radius 2 is 1.81 bits per heavy atom. The molecule has 1 rings (SSSR count). The molecule has 0 fully saturated rings. The van der Waals surface area contributed by atoms with E-state index in [2.05, 4.69) is 5.32 Å². The first-order valence-electron chi connectivity index (χ1n) is 5.34. The van der Waals surface area contributed by atoms with Crippen molar-refractivity contribution in [1.29, 1.82) is 0 Å². The summed E-state index contributed by atoms with van der Waals surface area (Å²) in [7, 11) is 0. The van der Waals surface area contributed by atoms with Gasteiger partial charge in [-0.3, -0.25) is 0 Å². The van der Waals surface area contributed by atoms with Crippen LogP contribution in [0.1, 0.15) is 19.4 Å². The van der Waals surface area contributed by atoms with Crippen LogP contribution in [0.2, 0.25) is 0 Å². The zero-order valence-corrected chi connectivity index (χ0v) is 9.59. The van der Waals surface area contributed by atoms with E-state index in [9.17, 15) is 8.78 Å². The molecule has 1 aromatic carbocycles. The standard InChI is InChI=1S/C12H17F2NO/c1-9(2)15-3-4-16-8-10-5-11(13)7-12(14)6-10/h5-7,9,15H,3-4,8H2,1-2H3. The molecule has 0 aromatic heterocycles. The fourth-order valence-corrected chi connectivity index (χ4v) is 1.30. The highest BCUT2D eigenvalue weighted by Crippen LogP contribution is 2.08. The molecule has 4 heteroatoms. The molecule has 90 valence electrons. The van der Waals surface area contributed by atoms with Gasteiger partial charge in [-0.1, -0.05) is 13.8 Å². The number of nitrogens with one attached hydrogen (secondary N) is 1. The molecular weight excluding hydrogens is 212 g/mol. The van der Waals surface area contributed by atoms with Crippen LogP contribution in [-0.4, -0.2) is 19.2 Å². The molecule has 0 aliphatic rings. The van der Waals surface area contributed by atoms with Crippen molar-refractivity contribution in [2.75, 3.05) is 13.2 Å². The summed E-state index contributed by atoms with van der Waals surface area (Å²) in [6.45, 7) is 5.57. The maximum Gasteiger partial charge on any atom is 0.126 e. The van der Waals surface area contributed by atoms with Gasteiger partial charge in [-0.2, -0.15) is 0 Å². The van der Waals surface area contributed by atoms with Gasteiger partial charge in [0.15, 0.2) is 0 Å². The Hall–Kier alpha value is -1.00. The van der Waals surface area contributed by atoms with Crippen LogP contribution >= 0.6 is 0 Å². The lowest BCUT2D eigenvalue weighted by atomic mass is 10.2. The minimum absolute atomic E-state index is 0.231. The van der Waals surface area contributed by atoms with Crippen LogP contribution in [-0.2, 0) is 11.3 Å². The fourth-order valence-electron chi connectivity index (χ4n) is 1.30. The van der Waals surface area contributed by atoms with Crippen LogP contribution in [0, 0.1) is 11.6 Å². The first kappa shape index (κ1) is 13.1. The van der Waals surface area contributed by atoms with Crippen molar-refractivity contribution in [3.8, 4) is 0 Å². The quantitative estimate of drug-likeness (QED) is 0.757. The molecule has 2 nitrogen and oxygen atoms in total. The van der Waals surface area contributed by atoms with E-state index in [0.29, 0.717) is 18.2 Å². The van der Waals surface area contributed by atoms with Crippen molar-refractivity contribution in [1.82, 2.24) is 5.32 Å². The third-order valence-electron chi connectivity index (χ3n) is 1.99. The molecule has 0 aliphatic heterocycles. The van der Waals surface area contributed by atoms with Crippen LogP contribution < -0.4 is 5.32 Å². The molecule has 16 heavy (non-hydrogen) atoms.